The number of nitrogens with zero attached hydrogens (tertiary/aromatic N) is 2. The third kappa shape index (κ3) is 22.9. The number of benzene rings is 9. The molecule has 10 rings (SSSR count). The summed E-state index contributed by atoms with van der Waals surface area (Å²) in [6.45, 7) is 19.5. The first kappa shape index (κ1) is 84.5. The summed E-state index contributed by atoms with van der Waals surface area (Å²) in [7, 11) is 6.83. The summed E-state index contributed by atoms with van der Waals surface area (Å²) >= 11 is 0. The van der Waals surface area contributed by atoms with Crippen molar-refractivity contribution >= 4 is 58.4 Å². The third-order valence-electron chi connectivity index (χ3n) is 21.4. The van der Waals surface area contributed by atoms with Crippen LogP contribution in [0.15, 0.2) is 176 Å². The monoisotopic (exact) mass is 1510 g/mol. The van der Waals surface area contributed by atoms with Crippen LogP contribution in [0.5, 0.6) is 57.5 Å². The maximum Gasteiger partial charge on any atom is 0.127 e. The molecule has 112 heavy (non-hydrogen) atoms. The lowest BCUT2D eigenvalue weighted by molar-refractivity contribution is 0.291. The first-order valence-corrected chi connectivity index (χ1v) is 42.1. The van der Waals surface area contributed by atoms with Crippen molar-refractivity contribution in [1.82, 2.24) is 0 Å². The summed E-state index contributed by atoms with van der Waals surface area (Å²) in [6, 6.07) is 62.3. The zero-order valence-corrected chi connectivity index (χ0v) is 69.2. The molecule has 0 heterocycles. The number of rotatable bonds is 51. The van der Waals surface area contributed by atoms with E-state index in [0.717, 1.165) is 270 Å². The molecule has 0 amide bonds. The van der Waals surface area contributed by atoms with Crippen molar-refractivity contribution in [2.45, 2.75) is 208 Å². The number of methoxy groups -OCH3 is 4. The van der Waals surface area contributed by atoms with Gasteiger partial charge < -0.3 is 57.2 Å². The van der Waals surface area contributed by atoms with Crippen LogP contribution in [0.3, 0.4) is 0 Å². The molecule has 9 aromatic carbocycles. The molecule has 0 atom stereocenters. The molecule has 1 aliphatic rings. The molecule has 0 N–H and O–H groups in total. The van der Waals surface area contributed by atoms with Crippen molar-refractivity contribution in [3.05, 3.63) is 215 Å². The quantitative estimate of drug-likeness (QED) is 0.0268. The van der Waals surface area contributed by atoms with E-state index in [-0.39, 0.29) is 0 Å². The minimum Gasteiger partial charge on any atom is -0.497 e. The number of unbranched alkanes of at least 4 members (excludes halogenated alkanes) is 18. The summed E-state index contributed by atoms with van der Waals surface area (Å²) in [5, 5.41) is 0. The molecule has 0 spiro atoms. The number of hydrogen-bond donors (Lipinski definition) is 0. The van der Waals surface area contributed by atoms with Crippen molar-refractivity contribution in [3.8, 4) is 68.6 Å². The van der Waals surface area contributed by atoms with Crippen molar-refractivity contribution < 1.29 is 47.4 Å². The fourth-order valence-electron chi connectivity index (χ4n) is 14.8. The van der Waals surface area contributed by atoms with Gasteiger partial charge in [0.15, 0.2) is 0 Å². The van der Waals surface area contributed by atoms with Crippen molar-refractivity contribution in [2.75, 3.05) is 77.9 Å². The fraction of sp³-hybridized carbons (Fsp3) is 0.420. The van der Waals surface area contributed by atoms with E-state index in [1.54, 1.807) is 28.4 Å². The van der Waals surface area contributed by atoms with Gasteiger partial charge in [0.05, 0.1) is 68.1 Å². The second kappa shape index (κ2) is 44.9. The van der Waals surface area contributed by atoms with E-state index in [4.69, 9.17) is 47.4 Å². The SMILES string of the molecule is CCCCCCOc1ccc(OCCCCCC)c(/C=C/c2cc(OCCCCCC)c(/C=C/c3cc(OCCCCCC)c(C4(C)c5cc(N(c6ccc(OC)cc6)c6ccc(OC)cc6)ccc5-c5ccc(N(c6ccc(OC)cc6)c6ccc(OC)cc6)cc54)cc3OCCCCCC)cc2OCCCCCC)c1. The summed E-state index contributed by atoms with van der Waals surface area (Å²) in [6.07, 6.45) is 34.8. The lowest BCUT2D eigenvalue weighted by Crippen LogP contribution is -2.25. The van der Waals surface area contributed by atoms with Gasteiger partial charge in [-0.1, -0.05) is 194 Å². The molecule has 596 valence electrons. The first-order valence-electron chi connectivity index (χ1n) is 42.1. The lowest BCUT2D eigenvalue weighted by atomic mass is 9.73. The molecule has 12 heteroatoms. The Kier molecular flexibility index (Phi) is 33.9. The minimum atomic E-state index is -0.870. The first-order chi connectivity index (χ1) is 55.0. The van der Waals surface area contributed by atoms with E-state index in [0.29, 0.717) is 39.6 Å². The molecular formula is C100H126N2O10. The Morgan fingerprint density at radius 1 is 0.241 bits per heavy atom. The van der Waals surface area contributed by atoms with Gasteiger partial charge in [-0.05, 0) is 231 Å². The van der Waals surface area contributed by atoms with Crippen LogP contribution in [0.4, 0.5) is 34.1 Å². The van der Waals surface area contributed by atoms with Crippen LogP contribution < -0.4 is 57.2 Å². The zero-order chi connectivity index (χ0) is 78.7. The smallest absolute Gasteiger partial charge is 0.127 e. The van der Waals surface area contributed by atoms with E-state index in [2.05, 4.69) is 210 Å². The van der Waals surface area contributed by atoms with Crippen LogP contribution in [0.25, 0.3) is 35.4 Å². The molecule has 1 aliphatic carbocycles. The van der Waals surface area contributed by atoms with E-state index in [1.807, 2.05) is 48.5 Å². The third-order valence-corrected chi connectivity index (χ3v) is 21.4. The average Bonchev–Trinajstić information content (AvgIpc) is 1.54. The lowest BCUT2D eigenvalue weighted by Gasteiger charge is -2.33. The molecule has 0 bridgehead atoms. The van der Waals surface area contributed by atoms with Gasteiger partial charge in [-0.3, -0.25) is 0 Å². The normalized spacial score (nSPS) is 12.1. The Labute approximate surface area is 671 Å². The highest BCUT2D eigenvalue weighted by atomic mass is 16.5. The average molecular weight is 1520 g/mol. The minimum absolute atomic E-state index is 0.529. The Bertz CT molecular complexity index is 4110. The Hall–Kier alpha value is -9.94. The maximum absolute atomic E-state index is 7.46. The van der Waals surface area contributed by atoms with Gasteiger partial charge in [0.1, 0.15) is 57.5 Å². The van der Waals surface area contributed by atoms with Gasteiger partial charge in [0, 0.05) is 67.4 Å². The highest BCUT2D eigenvalue weighted by Crippen LogP contribution is 2.58. The van der Waals surface area contributed by atoms with E-state index < -0.39 is 5.41 Å². The predicted octanol–water partition coefficient (Wildman–Crippen LogP) is 28.1. The van der Waals surface area contributed by atoms with Crippen molar-refractivity contribution in [3.63, 3.8) is 0 Å². The van der Waals surface area contributed by atoms with Crippen LogP contribution in [0.1, 0.15) is 242 Å². The van der Waals surface area contributed by atoms with Crippen LogP contribution in [0, 0.1) is 0 Å². The number of hydrogen-bond acceptors (Lipinski definition) is 12. The summed E-state index contributed by atoms with van der Waals surface area (Å²) < 4.78 is 64.8. The van der Waals surface area contributed by atoms with Gasteiger partial charge >= 0.3 is 0 Å². The number of ether oxygens (including phenoxy) is 10. The van der Waals surface area contributed by atoms with Crippen LogP contribution >= 0.6 is 0 Å². The molecule has 0 saturated carbocycles. The second-order valence-corrected chi connectivity index (χ2v) is 29.7. The van der Waals surface area contributed by atoms with Gasteiger partial charge in [-0.2, -0.15) is 0 Å². The second-order valence-electron chi connectivity index (χ2n) is 29.7. The van der Waals surface area contributed by atoms with E-state index in [9.17, 15) is 0 Å². The van der Waals surface area contributed by atoms with Gasteiger partial charge in [-0.15, -0.1) is 0 Å². The Morgan fingerprint density at radius 3 is 0.830 bits per heavy atom. The summed E-state index contributed by atoms with van der Waals surface area (Å²) in [5.74, 6) is 7.91. The fourth-order valence-corrected chi connectivity index (χ4v) is 14.8. The van der Waals surface area contributed by atoms with Crippen LogP contribution in [-0.4, -0.2) is 68.1 Å². The molecular weight excluding hydrogens is 1390 g/mol. The molecule has 0 radical (unpaired) electrons. The molecule has 0 saturated heterocycles. The Morgan fingerprint density at radius 2 is 0.509 bits per heavy atom. The van der Waals surface area contributed by atoms with Crippen LogP contribution in [-0.2, 0) is 5.41 Å². The van der Waals surface area contributed by atoms with Gasteiger partial charge in [0.25, 0.3) is 0 Å². The van der Waals surface area contributed by atoms with Crippen LogP contribution in [0.2, 0.25) is 0 Å². The van der Waals surface area contributed by atoms with Gasteiger partial charge in [0.2, 0.25) is 0 Å². The molecule has 9 aromatic rings. The molecule has 0 unspecified atom stereocenters. The standard InChI is InChI=1S/C100H126N2O10/c1-12-18-24-30-62-107-89-58-61-95(108-63-31-25-19-13-2)75(68-89)36-37-76-69-97(110-65-33-27-21-15-4)77(70-96(76)109-64-32-26-20-14-3)38-39-78-71-99(112-67-35-29-23-17-6)94(74-98(78)111-66-34-28-22-16-5)100(7)92-72-83(101(79-40-50-85(103-8)51-41-79)80-42-52-86(104-9)53-43-80)48-59-90(92)91-60-49-84(73-93(91)100)102(81-44-54-87(105-10)55-45-81)82-46-56-88(106-11)57-47-82/h36-61,68-74H,12-35,62-67H2,1-11H3/b37-36+,39-38+. The van der Waals surface area contributed by atoms with Crippen molar-refractivity contribution in [1.29, 1.82) is 0 Å². The Balaban J connectivity index is 1.19. The molecule has 0 fully saturated rings. The number of fused-ring (bicyclic) bond motifs is 3. The van der Waals surface area contributed by atoms with Crippen molar-refractivity contribution in [2.24, 2.45) is 0 Å². The predicted molar refractivity (Wildman–Crippen MR) is 468 cm³/mol. The summed E-state index contributed by atoms with van der Waals surface area (Å²) in [5.41, 5.74) is 14.2. The zero-order valence-electron chi connectivity index (χ0n) is 69.2. The highest BCUT2D eigenvalue weighted by Gasteiger charge is 2.44. The highest BCUT2D eigenvalue weighted by molar-refractivity contribution is 5.91. The molecule has 0 aliphatic heterocycles. The topological polar surface area (TPSA) is 98.8 Å². The largest absolute Gasteiger partial charge is 0.497 e. The van der Waals surface area contributed by atoms with E-state index >= 15 is 0 Å². The van der Waals surface area contributed by atoms with E-state index in [1.165, 1.54) is 25.7 Å². The summed E-state index contributed by atoms with van der Waals surface area (Å²) in [4.78, 5) is 4.63. The van der Waals surface area contributed by atoms with Gasteiger partial charge in [-0.25, -0.2) is 0 Å². The number of anilines is 6. The maximum atomic E-state index is 7.46. The molecule has 0 aromatic heterocycles. The molecule has 12 nitrogen and oxygen atoms in total.